The highest BCUT2D eigenvalue weighted by Gasteiger charge is 2.22. The molecule has 1 aliphatic heterocycles. The zero-order valence-corrected chi connectivity index (χ0v) is 13.2. The fourth-order valence-corrected chi connectivity index (χ4v) is 2.71. The summed E-state index contributed by atoms with van der Waals surface area (Å²) in [5.74, 6) is -0.0150. The second kappa shape index (κ2) is 6.75. The summed E-state index contributed by atoms with van der Waals surface area (Å²) in [5.41, 5.74) is 1.51. The van der Waals surface area contributed by atoms with Crippen LogP contribution in [0.4, 0.5) is 0 Å². The maximum atomic E-state index is 12.3. The van der Waals surface area contributed by atoms with E-state index in [4.69, 9.17) is 0 Å². The van der Waals surface area contributed by atoms with Gasteiger partial charge in [0.05, 0.1) is 0 Å². The van der Waals surface area contributed by atoms with Gasteiger partial charge in [-0.25, -0.2) is 0 Å². The van der Waals surface area contributed by atoms with Gasteiger partial charge in [0.2, 0.25) is 0 Å². The van der Waals surface area contributed by atoms with Crippen molar-refractivity contribution >= 4 is 5.91 Å². The van der Waals surface area contributed by atoms with Crippen molar-refractivity contribution in [3.05, 3.63) is 64.3 Å². The van der Waals surface area contributed by atoms with Crippen molar-refractivity contribution in [3.63, 3.8) is 0 Å². The molecule has 0 atom stereocenters. The molecule has 0 bridgehead atoms. The van der Waals surface area contributed by atoms with Crippen LogP contribution >= 0.6 is 0 Å². The summed E-state index contributed by atoms with van der Waals surface area (Å²) >= 11 is 0. The first-order valence-corrected chi connectivity index (χ1v) is 7.72. The molecule has 1 saturated heterocycles. The molecular formula is C17H20N4O2. The van der Waals surface area contributed by atoms with E-state index in [-0.39, 0.29) is 11.5 Å². The lowest BCUT2D eigenvalue weighted by Crippen LogP contribution is -2.48. The number of aryl methyl sites for hydroxylation is 1. The van der Waals surface area contributed by atoms with Crippen molar-refractivity contribution in [2.75, 3.05) is 26.2 Å². The van der Waals surface area contributed by atoms with Crippen molar-refractivity contribution in [2.45, 2.75) is 6.54 Å². The fourth-order valence-electron chi connectivity index (χ4n) is 2.71. The summed E-state index contributed by atoms with van der Waals surface area (Å²) in [6.07, 6.45) is 3.43. The molecule has 0 aliphatic carbocycles. The van der Waals surface area contributed by atoms with Crippen LogP contribution in [0.5, 0.6) is 0 Å². The number of hydrogen-bond donors (Lipinski definition) is 0. The van der Waals surface area contributed by atoms with E-state index in [1.54, 1.807) is 42.2 Å². The molecule has 2 aromatic rings. The van der Waals surface area contributed by atoms with Crippen LogP contribution in [0.3, 0.4) is 0 Å². The number of pyridine rings is 2. The zero-order valence-electron chi connectivity index (χ0n) is 13.2. The normalized spacial score (nSPS) is 15.6. The lowest BCUT2D eigenvalue weighted by molar-refractivity contribution is 0.0622. The van der Waals surface area contributed by atoms with E-state index in [0.29, 0.717) is 18.8 Å². The maximum absolute atomic E-state index is 12.3. The molecule has 0 aromatic carbocycles. The first kappa shape index (κ1) is 15.4. The van der Waals surface area contributed by atoms with E-state index in [2.05, 4.69) is 9.88 Å². The highest BCUT2D eigenvalue weighted by atomic mass is 16.2. The van der Waals surface area contributed by atoms with E-state index >= 15 is 0 Å². The average Bonchev–Trinajstić information content (AvgIpc) is 2.59. The zero-order chi connectivity index (χ0) is 16.2. The van der Waals surface area contributed by atoms with Gasteiger partial charge in [-0.2, -0.15) is 0 Å². The number of piperazine rings is 1. The van der Waals surface area contributed by atoms with Crippen LogP contribution in [0, 0.1) is 0 Å². The van der Waals surface area contributed by atoms with Crippen molar-refractivity contribution in [1.82, 2.24) is 19.4 Å². The van der Waals surface area contributed by atoms with Gasteiger partial charge in [-0.05, 0) is 23.8 Å². The van der Waals surface area contributed by atoms with E-state index in [1.165, 1.54) is 0 Å². The molecule has 0 N–H and O–H groups in total. The highest BCUT2D eigenvalue weighted by molar-refractivity contribution is 5.92. The minimum atomic E-state index is -0.0150. The van der Waals surface area contributed by atoms with Gasteiger partial charge >= 0.3 is 0 Å². The molecular weight excluding hydrogens is 292 g/mol. The van der Waals surface area contributed by atoms with Crippen LogP contribution in [0.25, 0.3) is 0 Å². The number of amides is 1. The fraction of sp³-hybridized carbons (Fsp3) is 0.353. The molecule has 0 unspecified atom stereocenters. The lowest BCUT2D eigenvalue weighted by Gasteiger charge is -2.34. The molecule has 1 aliphatic rings. The highest BCUT2D eigenvalue weighted by Crippen LogP contribution is 2.09. The minimum absolute atomic E-state index is 0.00599. The summed E-state index contributed by atoms with van der Waals surface area (Å²) < 4.78 is 1.56. The number of carbonyl (C=O) groups excluding carboxylic acids is 1. The largest absolute Gasteiger partial charge is 0.335 e. The van der Waals surface area contributed by atoms with Crippen LogP contribution in [-0.4, -0.2) is 51.4 Å². The Labute approximate surface area is 135 Å². The number of carbonyl (C=O) groups is 1. The van der Waals surface area contributed by atoms with Gasteiger partial charge in [0.1, 0.15) is 5.69 Å². The Bertz CT molecular complexity index is 734. The molecule has 3 rings (SSSR count). The van der Waals surface area contributed by atoms with Crippen LogP contribution in [-0.2, 0) is 13.6 Å². The lowest BCUT2D eigenvalue weighted by atomic mass is 10.2. The summed E-state index contributed by atoms with van der Waals surface area (Å²) in [5, 5.41) is 0. The standard InChI is InChI=1S/C17H20N4O2/c1-19-7-5-14(12-16(19)22)13-20-8-10-21(11-9-20)17(23)15-4-2-3-6-18-15/h2-7,12H,8-11,13H2,1H3. The quantitative estimate of drug-likeness (QED) is 0.839. The van der Waals surface area contributed by atoms with Crippen molar-refractivity contribution in [2.24, 2.45) is 7.05 Å². The Morgan fingerprint density at radius 3 is 2.61 bits per heavy atom. The Kier molecular flexibility index (Phi) is 4.52. The van der Waals surface area contributed by atoms with E-state index in [0.717, 1.165) is 25.2 Å². The molecule has 1 amide bonds. The maximum Gasteiger partial charge on any atom is 0.272 e. The van der Waals surface area contributed by atoms with Crippen molar-refractivity contribution < 1.29 is 4.79 Å². The number of nitrogens with zero attached hydrogens (tertiary/aromatic N) is 4. The first-order valence-electron chi connectivity index (χ1n) is 7.72. The average molecular weight is 312 g/mol. The molecule has 6 nitrogen and oxygen atoms in total. The molecule has 120 valence electrons. The summed E-state index contributed by atoms with van der Waals surface area (Å²) in [6.45, 7) is 3.70. The Hall–Kier alpha value is -2.47. The molecule has 2 aromatic heterocycles. The molecule has 3 heterocycles. The van der Waals surface area contributed by atoms with Gasteiger partial charge in [0, 0.05) is 58.2 Å². The predicted molar refractivity (Wildman–Crippen MR) is 87.1 cm³/mol. The van der Waals surface area contributed by atoms with E-state index in [9.17, 15) is 9.59 Å². The number of aromatic nitrogens is 2. The minimum Gasteiger partial charge on any atom is -0.335 e. The Balaban J connectivity index is 1.57. The monoisotopic (exact) mass is 312 g/mol. The molecule has 1 fully saturated rings. The summed E-state index contributed by atoms with van der Waals surface area (Å²) in [6, 6.07) is 9.01. The van der Waals surface area contributed by atoms with E-state index in [1.807, 2.05) is 17.0 Å². The third-order valence-corrected chi connectivity index (χ3v) is 4.12. The molecule has 0 spiro atoms. The molecule has 23 heavy (non-hydrogen) atoms. The van der Waals surface area contributed by atoms with Crippen LogP contribution in [0.15, 0.2) is 47.5 Å². The summed E-state index contributed by atoms with van der Waals surface area (Å²) in [4.78, 5) is 32.2. The van der Waals surface area contributed by atoms with Crippen LogP contribution in [0.2, 0.25) is 0 Å². The topological polar surface area (TPSA) is 58.4 Å². The van der Waals surface area contributed by atoms with Gasteiger partial charge in [-0.3, -0.25) is 19.5 Å². The second-order valence-corrected chi connectivity index (χ2v) is 5.77. The first-order chi connectivity index (χ1) is 11.1. The van der Waals surface area contributed by atoms with Crippen molar-refractivity contribution in [1.29, 1.82) is 0 Å². The SMILES string of the molecule is Cn1ccc(CN2CCN(C(=O)c3ccccn3)CC2)cc1=O. The third-order valence-electron chi connectivity index (χ3n) is 4.12. The Morgan fingerprint density at radius 1 is 1.17 bits per heavy atom. The molecule has 0 radical (unpaired) electrons. The van der Waals surface area contributed by atoms with E-state index < -0.39 is 0 Å². The Morgan fingerprint density at radius 2 is 1.96 bits per heavy atom. The van der Waals surface area contributed by atoms with Crippen LogP contribution < -0.4 is 5.56 Å². The van der Waals surface area contributed by atoms with Crippen LogP contribution in [0.1, 0.15) is 16.1 Å². The third kappa shape index (κ3) is 3.65. The smallest absolute Gasteiger partial charge is 0.272 e. The van der Waals surface area contributed by atoms with Gasteiger partial charge in [0.25, 0.3) is 11.5 Å². The summed E-state index contributed by atoms with van der Waals surface area (Å²) in [7, 11) is 1.74. The second-order valence-electron chi connectivity index (χ2n) is 5.77. The van der Waals surface area contributed by atoms with Gasteiger partial charge in [0.15, 0.2) is 0 Å². The number of rotatable bonds is 3. The predicted octanol–water partition coefficient (Wildman–Crippen LogP) is 0.738. The molecule has 6 heteroatoms. The van der Waals surface area contributed by atoms with Gasteiger partial charge < -0.3 is 9.47 Å². The van der Waals surface area contributed by atoms with Gasteiger partial charge in [-0.15, -0.1) is 0 Å². The van der Waals surface area contributed by atoms with Crippen molar-refractivity contribution in [3.8, 4) is 0 Å². The number of hydrogen-bond acceptors (Lipinski definition) is 4. The van der Waals surface area contributed by atoms with Gasteiger partial charge in [-0.1, -0.05) is 6.07 Å². The molecule has 0 saturated carbocycles.